The van der Waals surface area contributed by atoms with E-state index >= 15 is 0 Å². The van der Waals surface area contributed by atoms with Crippen molar-refractivity contribution in [3.8, 4) is 17.1 Å². The van der Waals surface area contributed by atoms with E-state index in [2.05, 4.69) is 28.9 Å². The first-order chi connectivity index (χ1) is 12.5. The number of rotatable bonds is 4. The van der Waals surface area contributed by atoms with E-state index in [1.54, 1.807) is 17.8 Å². The van der Waals surface area contributed by atoms with Crippen LogP contribution in [0, 0.1) is 0 Å². The Kier molecular flexibility index (Phi) is 4.29. The van der Waals surface area contributed by atoms with Crippen molar-refractivity contribution in [2.45, 2.75) is 31.9 Å². The van der Waals surface area contributed by atoms with Gasteiger partial charge in [-0.25, -0.2) is 14.5 Å². The number of aliphatic hydroxyl groups excluding tert-OH is 1. The minimum absolute atomic E-state index is 0.251. The van der Waals surface area contributed by atoms with Crippen LogP contribution < -0.4 is 15.4 Å². The SMILES string of the molecule is COc1nc(C(C)C)ccc1-c1cnc2sc(N3C[C@@H](N)[C@@H](O)C3)nn12. The lowest BCUT2D eigenvalue weighted by molar-refractivity contribution is 0.180. The highest BCUT2D eigenvalue weighted by molar-refractivity contribution is 7.20. The number of hydrogen-bond donors (Lipinski definition) is 2. The number of methoxy groups -OCH3 is 1. The van der Waals surface area contributed by atoms with Crippen molar-refractivity contribution in [3.63, 3.8) is 0 Å². The van der Waals surface area contributed by atoms with E-state index < -0.39 is 6.10 Å². The molecule has 0 spiro atoms. The lowest BCUT2D eigenvalue weighted by Gasteiger charge is -2.12. The summed E-state index contributed by atoms with van der Waals surface area (Å²) in [5.74, 6) is 0.881. The Morgan fingerprint density at radius 1 is 1.35 bits per heavy atom. The molecule has 4 heterocycles. The lowest BCUT2D eigenvalue weighted by Crippen LogP contribution is -2.32. The minimum Gasteiger partial charge on any atom is -0.480 e. The maximum atomic E-state index is 9.89. The molecule has 0 saturated carbocycles. The fourth-order valence-electron chi connectivity index (χ4n) is 3.09. The zero-order valence-electron chi connectivity index (χ0n) is 15.0. The molecule has 26 heavy (non-hydrogen) atoms. The van der Waals surface area contributed by atoms with E-state index in [0.29, 0.717) is 24.9 Å². The van der Waals surface area contributed by atoms with E-state index in [9.17, 15) is 5.11 Å². The van der Waals surface area contributed by atoms with E-state index in [-0.39, 0.29) is 6.04 Å². The fourth-order valence-corrected chi connectivity index (χ4v) is 3.98. The van der Waals surface area contributed by atoms with E-state index in [4.69, 9.17) is 10.5 Å². The van der Waals surface area contributed by atoms with Crippen LogP contribution in [0.5, 0.6) is 5.88 Å². The molecule has 1 aliphatic rings. The Morgan fingerprint density at radius 2 is 2.15 bits per heavy atom. The third kappa shape index (κ3) is 2.81. The Bertz CT molecular complexity index is 927. The highest BCUT2D eigenvalue weighted by atomic mass is 32.1. The summed E-state index contributed by atoms with van der Waals surface area (Å²) in [6.07, 6.45) is 1.25. The van der Waals surface area contributed by atoms with Crippen LogP contribution in [0.4, 0.5) is 5.13 Å². The molecule has 1 saturated heterocycles. The summed E-state index contributed by atoms with van der Waals surface area (Å²) >= 11 is 1.47. The molecule has 3 aromatic heterocycles. The largest absolute Gasteiger partial charge is 0.480 e. The third-order valence-corrected chi connectivity index (χ3v) is 5.60. The summed E-state index contributed by atoms with van der Waals surface area (Å²) in [7, 11) is 1.62. The molecule has 0 unspecified atom stereocenters. The summed E-state index contributed by atoms with van der Waals surface area (Å²) in [5, 5.41) is 15.4. The van der Waals surface area contributed by atoms with Gasteiger partial charge in [0.25, 0.3) is 0 Å². The molecule has 3 aromatic rings. The van der Waals surface area contributed by atoms with Gasteiger partial charge in [-0.1, -0.05) is 25.2 Å². The second-order valence-corrected chi connectivity index (χ2v) is 7.74. The number of nitrogens with two attached hydrogens (primary N) is 1. The summed E-state index contributed by atoms with van der Waals surface area (Å²) in [4.78, 5) is 11.9. The molecule has 1 fully saturated rings. The van der Waals surface area contributed by atoms with Crippen LogP contribution in [0.3, 0.4) is 0 Å². The van der Waals surface area contributed by atoms with Crippen molar-refractivity contribution >= 4 is 21.4 Å². The van der Waals surface area contributed by atoms with Gasteiger partial charge in [0.05, 0.1) is 30.7 Å². The number of aliphatic hydroxyl groups is 1. The monoisotopic (exact) mass is 374 g/mol. The van der Waals surface area contributed by atoms with Crippen molar-refractivity contribution in [1.29, 1.82) is 0 Å². The Labute approximate surface area is 155 Å². The molecule has 4 rings (SSSR count). The van der Waals surface area contributed by atoms with Crippen LogP contribution in [0.1, 0.15) is 25.5 Å². The maximum absolute atomic E-state index is 9.89. The molecular formula is C17H22N6O2S. The van der Waals surface area contributed by atoms with Crippen LogP contribution >= 0.6 is 11.3 Å². The number of pyridine rings is 1. The first kappa shape index (κ1) is 17.2. The van der Waals surface area contributed by atoms with Crippen LogP contribution in [0.25, 0.3) is 16.2 Å². The first-order valence-electron chi connectivity index (χ1n) is 8.56. The summed E-state index contributed by atoms with van der Waals surface area (Å²) in [6, 6.07) is 3.75. The topological polar surface area (TPSA) is 102 Å². The summed E-state index contributed by atoms with van der Waals surface area (Å²) < 4.78 is 7.30. The molecule has 2 atom stereocenters. The smallest absolute Gasteiger partial charge is 0.222 e. The molecule has 9 heteroatoms. The number of aromatic nitrogens is 4. The van der Waals surface area contributed by atoms with Crippen molar-refractivity contribution in [1.82, 2.24) is 19.6 Å². The second-order valence-electron chi connectivity index (χ2n) is 6.81. The van der Waals surface area contributed by atoms with Crippen molar-refractivity contribution < 1.29 is 9.84 Å². The Morgan fingerprint density at radius 3 is 2.81 bits per heavy atom. The summed E-state index contributed by atoms with van der Waals surface area (Å²) in [5.41, 5.74) is 8.56. The number of fused-ring (bicyclic) bond motifs is 1. The Balaban J connectivity index is 1.74. The molecule has 0 amide bonds. The van der Waals surface area contributed by atoms with Gasteiger partial charge in [-0.05, 0) is 18.1 Å². The minimum atomic E-state index is -0.529. The average Bonchev–Trinajstić information content (AvgIpc) is 3.29. The predicted octanol–water partition coefficient (Wildman–Crippen LogP) is 1.49. The van der Waals surface area contributed by atoms with Gasteiger partial charge >= 0.3 is 0 Å². The molecular weight excluding hydrogens is 352 g/mol. The number of hydrogen-bond acceptors (Lipinski definition) is 8. The van der Waals surface area contributed by atoms with Crippen molar-refractivity contribution in [2.24, 2.45) is 5.73 Å². The van der Waals surface area contributed by atoms with Crippen LogP contribution in [-0.4, -0.2) is 57.0 Å². The van der Waals surface area contributed by atoms with Gasteiger partial charge in [-0.15, -0.1) is 5.10 Å². The van der Waals surface area contributed by atoms with Crippen LogP contribution in [0.15, 0.2) is 18.3 Å². The van der Waals surface area contributed by atoms with E-state index in [0.717, 1.165) is 27.0 Å². The van der Waals surface area contributed by atoms with Gasteiger partial charge in [0.1, 0.15) is 0 Å². The fraction of sp³-hybridized carbons (Fsp3) is 0.471. The van der Waals surface area contributed by atoms with E-state index in [1.807, 2.05) is 17.0 Å². The lowest BCUT2D eigenvalue weighted by atomic mass is 10.1. The standard InChI is InChI=1S/C17H22N6O2S/c1-9(2)12-5-4-10(15(20-12)25-3)13-6-19-16-23(13)21-17(26-16)22-7-11(18)14(24)8-22/h4-6,9,11,14,24H,7-8,18H2,1-3H3/t11-,14+/m1/s1. The Hall–Kier alpha value is -2.23. The second kappa shape index (κ2) is 6.49. The van der Waals surface area contributed by atoms with Gasteiger partial charge < -0.3 is 20.5 Å². The van der Waals surface area contributed by atoms with Crippen LogP contribution in [-0.2, 0) is 0 Å². The number of imidazole rings is 1. The number of anilines is 1. The number of nitrogens with zero attached hydrogens (tertiary/aromatic N) is 5. The number of β-amino-alcohol motifs (C(OH)–C–C–N with tert-alkyl or cyclic N) is 1. The number of ether oxygens (including phenoxy) is 1. The normalized spacial score (nSPS) is 20.5. The summed E-state index contributed by atoms with van der Waals surface area (Å²) in [6.45, 7) is 5.27. The molecule has 0 aromatic carbocycles. The molecule has 138 valence electrons. The van der Waals surface area contributed by atoms with Crippen molar-refractivity contribution in [3.05, 3.63) is 24.0 Å². The molecule has 0 radical (unpaired) electrons. The molecule has 8 nitrogen and oxygen atoms in total. The molecule has 3 N–H and O–H groups in total. The van der Waals surface area contributed by atoms with E-state index in [1.165, 1.54) is 11.3 Å². The average molecular weight is 374 g/mol. The van der Waals surface area contributed by atoms with Gasteiger partial charge in [0, 0.05) is 24.8 Å². The third-order valence-electron chi connectivity index (χ3n) is 4.62. The van der Waals surface area contributed by atoms with Gasteiger partial charge in [0.15, 0.2) is 0 Å². The maximum Gasteiger partial charge on any atom is 0.222 e. The van der Waals surface area contributed by atoms with Gasteiger partial charge in [0.2, 0.25) is 16.0 Å². The van der Waals surface area contributed by atoms with Crippen molar-refractivity contribution in [2.75, 3.05) is 25.1 Å². The molecule has 1 aliphatic heterocycles. The first-order valence-corrected chi connectivity index (χ1v) is 9.38. The zero-order chi connectivity index (χ0) is 18.4. The zero-order valence-corrected chi connectivity index (χ0v) is 15.8. The molecule has 0 bridgehead atoms. The molecule has 0 aliphatic carbocycles. The highest BCUT2D eigenvalue weighted by Crippen LogP contribution is 2.33. The van der Waals surface area contributed by atoms with Gasteiger partial charge in [-0.3, -0.25) is 0 Å². The highest BCUT2D eigenvalue weighted by Gasteiger charge is 2.31. The predicted molar refractivity (Wildman–Crippen MR) is 101 cm³/mol. The van der Waals surface area contributed by atoms with Crippen LogP contribution in [0.2, 0.25) is 0 Å². The quantitative estimate of drug-likeness (QED) is 0.713. The van der Waals surface area contributed by atoms with Gasteiger partial charge in [-0.2, -0.15) is 0 Å².